The molecule has 0 fully saturated rings. The third-order valence-electron chi connectivity index (χ3n) is 3.14. The number of hydrogen-bond acceptors (Lipinski definition) is 3. The van der Waals surface area contributed by atoms with E-state index in [2.05, 4.69) is 26.3 Å². The maximum absolute atomic E-state index is 12.3. The summed E-state index contributed by atoms with van der Waals surface area (Å²) < 4.78 is 9.63. The molecule has 1 amide bonds. The number of nitrogens with one attached hydrogen (secondary N) is 1. The first-order valence-corrected chi connectivity index (χ1v) is 6.97. The Kier molecular flexibility index (Phi) is 3.13. The molecule has 1 N–H and O–H groups in total. The van der Waals surface area contributed by atoms with Gasteiger partial charge in [0.2, 0.25) is 0 Å². The average Bonchev–Trinajstić information content (AvgIpc) is 3.07. The minimum Gasteiger partial charge on any atom is -0.448 e. The Morgan fingerprint density at radius 2 is 2.30 bits per heavy atom. The van der Waals surface area contributed by atoms with Crippen LogP contribution in [-0.2, 0) is 13.6 Å². The number of carbonyl (C=O) groups is 1. The van der Waals surface area contributed by atoms with E-state index in [-0.39, 0.29) is 5.91 Å². The first kappa shape index (κ1) is 13.0. The third kappa shape index (κ3) is 2.14. The fourth-order valence-corrected chi connectivity index (χ4v) is 2.48. The summed E-state index contributed by atoms with van der Waals surface area (Å²) in [5.74, 6) is 0.326. The van der Waals surface area contributed by atoms with E-state index in [1.54, 1.807) is 21.4 Å². The minimum absolute atomic E-state index is 0.212. The standard InChI is InChI=1S/C13H13BrN4O2/c1-3-18-5-4-12(16-18)15-13(19)9-6-10-8(17(9)2)7-11(14)20-10/h4-7H,3H2,1-2H3,(H,15,16,19). The second-order valence-corrected chi connectivity index (χ2v) is 5.18. The Bertz CT molecular complexity index is 784. The zero-order chi connectivity index (χ0) is 14.3. The predicted molar refractivity (Wildman–Crippen MR) is 78.7 cm³/mol. The van der Waals surface area contributed by atoms with Crippen molar-refractivity contribution in [1.82, 2.24) is 14.3 Å². The van der Waals surface area contributed by atoms with Gasteiger partial charge >= 0.3 is 0 Å². The van der Waals surface area contributed by atoms with Gasteiger partial charge in [0.05, 0.1) is 5.52 Å². The number of amides is 1. The van der Waals surface area contributed by atoms with E-state index in [0.29, 0.717) is 21.8 Å². The molecule has 0 aliphatic heterocycles. The van der Waals surface area contributed by atoms with Crippen molar-refractivity contribution < 1.29 is 9.21 Å². The molecule has 3 rings (SSSR count). The van der Waals surface area contributed by atoms with E-state index in [1.165, 1.54) is 0 Å². The Labute approximate surface area is 123 Å². The monoisotopic (exact) mass is 336 g/mol. The summed E-state index contributed by atoms with van der Waals surface area (Å²) in [6.07, 6.45) is 1.82. The lowest BCUT2D eigenvalue weighted by atomic mass is 10.4. The van der Waals surface area contributed by atoms with Crippen molar-refractivity contribution in [3.8, 4) is 0 Å². The summed E-state index contributed by atoms with van der Waals surface area (Å²) in [6, 6.07) is 5.31. The molecule has 0 atom stereocenters. The highest BCUT2D eigenvalue weighted by atomic mass is 79.9. The van der Waals surface area contributed by atoms with Crippen molar-refractivity contribution in [3.05, 3.63) is 34.8 Å². The molecule has 0 saturated heterocycles. The van der Waals surface area contributed by atoms with Crippen LogP contribution in [0.15, 0.2) is 33.5 Å². The number of furan rings is 1. The van der Waals surface area contributed by atoms with E-state index in [0.717, 1.165) is 12.1 Å². The van der Waals surface area contributed by atoms with E-state index in [9.17, 15) is 4.79 Å². The SMILES string of the molecule is CCn1ccc(NC(=O)c2cc3oc(Br)cc3n2C)n1. The summed E-state index contributed by atoms with van der Waals surface area (Å²) in [6.45, 7) is 2.75. The van der Waals surface area contributed by atoms with Crippen LogP contribution in [0.5, 0.6) is 0 Å². The number of rotatable bonds is 3. The topological polar surface area (TPSA) is 65.0 Å². The highest BCUT2D eigenvalue weighted by molar-refractivity contribution is 9.10. The minimum atomic E-state index is -0.212. The fraction of sp³-hybridized carbons (Fsp3) is 0.231. The van der Waals surface area contributed by atoms with Gasteiger partial charge in [-0.15, -0.1) is 0 Å². The zero-order valence-electron chi connectivity index (χ0n) is 11.1. The Hall–Kier alpha value is -2.02. The number of aromatic nitrogens is 3. The molecule has 3 aromatic heterocycles. The average molecular weight is 337 g/mol. The van der Waals surface area contributed by atoms with Crippen LogP contribution in [0.1, 0.15) is 17.4 Å². The van der Waals surface area contributed by atoms with Gasteiger partial charge < -0.3 is 14.3 Å². The summed E-state index contributed by atoms with van der Waals surface area (Å²) >= 11 is 3.27. The molecule has 0 aromatic carbocycles. The quantitative estimate of drug-likeness (QED) is 0.799. The lowest BCUT2D eigenvalue weighted by Crippen LogP contribution is -2.16. The van der Waals surface area contributed by atoms with Gasteiger partial charge in [-0.25, -0.2) is 0 Å². The van der Waals surface area contributed by atoms with Crippen molar-refractivity contribution in [2.24, 2.45) is 7.05 Å². The number of carbonyl (C=O) groups excluding carboxylic acids is 1. The van der Waals surface area contributed by atoms with Gasteiger partial charge in [-0.3, -0.25) is 9.48 Å². The van der Waals surface area contributed by atoms with Crippen LogP contribution in [0, 0.1) is 0 Å². The van der Waals surface area contributed by atoms with E-state index < -0.39 is 0 Å². The van der Waals surface area contributed by atoms with Crippen LogP contribution in [0.25, 0.3) is 11.1 Å². The van der Waals surface area contributed by atoms with Crippen molar-refractivity contribution in [3.63, 3.8) is 0 Å². The number of halogens is 1. The van der Waals surface area contributed by atoms with Gasteiger partial charge in [-0.05, 0) is 22.9 Å². The molecule has 3 heterocycles. The normalized spacial score (nSPS) is 11.2. The third-order valence-corrected chi connectivity index (χ3v) is 3.53. The van der Waals surface area contributed by atoms with Crippen molar-refractivity contribution in [1.29, 1.82) is 0 Å². The summed E-state index contributed by atoms with van der Waals surface area (Å²) in [5, 5.41) is 7.00. The van der Waals surface area contributed by atoms with E-state index >= 15 is 0 Å². The van der Waals surface area contributed by atoms with Crippen LogP contribution >= 0.6 is 15.9 Å². The molecular weight excluding hydrogens is 324 g/mol. The smallest absolute Gasteiger partial charge is 0.273 e. The number of nitrogens with zero attached hydrogens (tertiary/aromatic N) is 3. The lowest BCUT2D eigenvalue weighted by molar-refractivity contribution is 0.101. The maximum Gasteiger partial charge on any atom is 0.273 e. The van der Waals surface area contributed by atoms with E-state index in [4.69, 9.17) is 4.42 Å². The number of aryl methyl sites for hydroxylation is 2. The maximum atomic E-state index is 12.3. The van der Waals surface area contributed by atoms with Crippen LogP contribution in [-0.4, -0.2) is 20.3 Å². The van der Waals surface area contributed by atoms with Gasteiger partial charge in [0.25, 0.3) is 5.91 Å². The van der Waals surface area contributed by atoms with Crippen molar-refractivity contribution in [2.75, 3.05) is 5.32 Å². The fourth-order valence-electron chi connectivity index (χ4n) is 2.08. The molecular formula is C13H13BrN4O2. The second kappa shape index (κ2) is 4.82. The molecule has 7 heteroatoms. The predicted octanol–water partition coefficient (Wildman–Crippen LogP) is 3.00. The molecule has 0 unspecified atom stereocenters. The van der Waals surface area contributed by atoms with E-state index in [1.807, 2.05) is 26.2 Å². The van der Waals surface area contributed by atoms with Gasteiger partial charge in [0.1, 0.15) is 5.69 Å². The van der Waals surface area contributed by atoms with Gasteiger partial charge in [-0.2, -0.15) is 5.10 Å². The molecule has 104 valence electrons. The molecule has 20 heavy (non-hydrogen) atoms. The van der Waals surface area contributed by atoms with Crippen LogP contribution in [0.4, 0.5) is 5.82 Å². The summed E-state index contributed by atoms with van der Waals surface area (Å²) in [5.41, 5.74) is 2.06. The molecule has 0 aliphatic rings. The molecule has 0 radical (unpaired) electrons. The van der Waals surface area contributed by atoms with Gasteiger partial charge in [-0.1, -0.05) is 0 Å². The Morgan fingerprint density at radius 1 is 1.50 bits per heavy atom. The molecule has 0 saturated carbocycles. The molecule has 0 bridgehead atoms. The number of fused-ring (bicyclic) bond motifs is 1. The summed E-state index contributed by atoms with van der Waals surface area (Å²) in [4.78, 5) is 12.3. The Balaban J connectivity index is 1.88. The van der Waals surface area contributed by atoms with Crippen molar-refractivity contribution in [2.45, 2.75) is 13.5 Å². The van der Waals surface area contributed by atoms with Crippen LogP contribution < -0.4 is 5.32 Å². The molecule has 6 nitrogen and oxygen atoms in total. The lowest BCUT2D eigenvalue weighted by Gasteiger charge is -2.03. The largest absolute Gasteiger partial charge is 0.448 e. The number of hydrogen-bond donors (Lipinski definition) is 1. The highest BCUT2D eigenvalue weighted by Gasteiger charge is 2.17. The molecule has 0 aliphatic carbocycles. The van der Waals surface area contributed by atoms with Crippen molar-refractivity contribution >= 4 is 38.8 Å². The van der Waals surface area contributed by atoms with Crippen LogP contribution in [0.2, 0.25) is 0 Å². The Morgan fingerprint density at radius 3 is 2.95 bits per heavy atom. The first-order chi connectivity index (χ1) is 9.58. The summed E-state index contributed by atoms with van der Waals surface area (Å²) in [7, 11) is 1.82. The number of anilines is 1. The second-order valence-electron chi connectivity index (χ2n) is 4.40. The highest BCUT2D eigenvalue weighted by Crippen LogP contribution is 2.26. The van der Waals surface area contributed by atoms with Gasteiger partial charge in [0, 0.05) is 38.0 Å². The van der Waals surface area contributed by atoms with Crippen LogP contribution in [0.3, 0.4) is 0 Å². The van der Waals surface area contributed by atoms with Gasteiger partial charge in [0.15, 0.2) is 16.1 Å². The first-order valence-electron chi connectivity index (χ1n) is 6.18. The molecule has 3 aromatic rings. The molecule has 0 spiro atoms. The zero-order valence-corrected chi connectivity index (χ0v) is 12.6.